The molecule has 0 saturated carbocycles. The molecule has 2 saturated heterocycles. The van der Waals surface area contributed by atoms with Gasteiger partial charge in [0.1, 0.15) is 11.4 Å². The minimum absolute atomic E-state index is 0.0192. The van der Waals surface area contributed by atoms with Gasteiger partial charge in [-0.15, -0.1) is 0 Å². The Labute approximate surface area is 259 Å². The average molecular weight is 639 g/mol. The third kappa shape index (κ3) is 5.90. The summed E-state index contributed by atoms with van der Waals surface area (Å²) in [5.74, 6) is 0.308. The lowest BCUT2D eigenvalue weighted by atomic mass is 9.74. The second-order valence-electron chi connectivity index (χ2n) is 12.6. The molecular weight excluding hydrogens is 601 g/mol. The summed E-state index contributed by atoms with van der Waals surface area (Å²) in [5, 5.41) is 0. The average Bonchev–Trinajstić information content (AvgIpc) is 3.01. The molecule has 9 nitrogen and oxygen atoms in total. The van der Waals surface area contributed by atoms with Crippen LogP contribution in [0.2, 0.25) is 0 Å². The molecule has 0 unspecified atom stereocenters. The Morgan fingerprint density at radius 2 is 1.52 bits per heavy atom. The van der Waals surface area contributed by atoms with Gasteiger partial charge < -0.3 is 9.47 Å². The van der Waals surface area contributed by atoms with E-state index in [1.54, 1.807) is 12.1 Å². The minimum Gasteiger partial charge on any atom is -0.487 e. The number of hydrogen-bond donors (Lipinski definition) is 1. The van der Waals surface area contributed by atoms with Crippen LogP contribution < -0.4 is 9.46 Å². The maximum absolute atomic E-state index is 13.3. The Morgan fingerprint density at radius 1 is 0.864 bits per heavy atom. The molecule has 0 aliphatic carbocycles. The fourth-order valence-corrected chi connectivity index (χ4v) is 8.95. The highest BCUT2D eigenvalue weighted by molar-refractivity contribution is 7.90. The van der Waals surface area contributed by atoms with E-state index in [9.17, 15) is 21.6 Å². The lowest BCUT2D eigenvalue weighted by Crippen LogP contribution is -2.47. The van der Waals surface area contributed by atoms with Gasteiger partial charge in [0.25, 0.3) is 15.9 Å². The largest absolute Gasteiger partial charge is 0.487 e. The first-order valence-corrected chi connectivity index (χ1v) is 18.0. The van der Waals surface area contributed by atoms with E-state index < -0.39 is 31.6 Å². The maximum Gasteiger partial charge on any atom is 0.265 e. The van der Waals surface area contributed by atoms with Crippen molar-refractivity contribution < 1.29 is 31.1 Å². The number of fused-ring (bicyclic) bond motifs is 3. The number of piperidine rings is 1. The van der Waals surface area contributed by atoms with E-state index in [2.05, 4.69) is 11.6 Å². The second kappa shape index (κ2) is 11.6. The van der Waals surface area contributed by atoms with Gasteiger partial charge in [-0.2, -0.15) is 4.31 Å². The van der Waals surface area contributed by atoms with E-state index >= 15 is 0 Å². The van der Waals surface area contributed by atoms with Crippen LogP contribution >= 0.6 is 0 Å². The fourth-order valence-electron chi connectivity index (χ4n) is 6.51. The smallest absolute Gasteiger partial charge is 0.265 e. The third-order valence-electron chi connectivity index (χ3n) is 9.17. The minimum atomic E-state index is -4.28. The zero-order valence-electron chi connectivity index (χ0n) is 25.1. The van der Waals surface area contributed by atoms with E-state index in [0.29, 0.717) is 30.3 Å². The first-order valence-electron chi connectivity index (χ1n) is 15.1. The van der Waals surface area contributed by atoms with Crippen LogP contribution in [0.3, 0.4) is 0 Å². The van der Waals surface area contributed by atoms with Crippen molar-refractivity contribution >= 4 is 26.0 Å². The molecule has 1 amide bonds. The van der Waals surface area contributed by atoms with Crippen LogP contribution in [0.25, 0.3) is 0 Å². The summed E-state index contributed by atoms with van der Waals surface area (Å²) in [4.78, 5) is 13.1. The van der Waals surface area contributed by atoms with E-state index in [1.807, 2.05) is 44.2 Å². The van der Waals surface area contributed by atoms with Crippen LogP contribution in [0.15, 0.2) is 82.6 Å². The summed E-state index contributed by atoms with van der Waals surface area (Å²) >= 11 is 0. The Bertz CT molecular complexity index is 1750. The van der Waals surface area contributed by atoms with Crippen molar-refractivity contribution in [2.24, 2.45) is 11.8 Å². The Morgan fingerprint density at radius 3 is 2.20 bits per heavy atom. The Balaban J connectivity index is 1.21. The Hall–Kier alpha value is -3.25. The van der Waals surface area contributed by atoms with Crippen LogP contribution in [0, 0.1) is 11.8 Å². The van der Waals surface area contributed by atoms with Crippen molar-refractivity contribution in [2.45, 2.75) is 74.1 Å². The number of hydrogen-bond acceptors (Lipinski definition) is 7. The third-order valence-corrected chi connectivity index (χ3v) is 12.4. The number of carbonyl (C=O) groups excluding carboxylic acids is 1. The molecule has 3 aromatic carbocycles. The summed E-state index contributed by atoms with van der Waals surface area (Å²) < 4.78 is 69.0. The topological polar surface area (TPSA) is 119 Å². The zero-order valence-corrected chi connectivity index (χ0v) is 26.7. The molecule has 1 N–H and O–H groups in total. The fraction of sp³-hybridized carbons (Fsp3) is 0.424. The standard InChI is InChI=1S/C33H38N2O7S2/c1-22-17-19-35(20-18-22)44(39,40)26-12-10-25(11-13-26)43(37,38)34-32(36)24-9-15-30-27(21-24)31-28(33(2,3)42-30)14-16-29(41-31)23-7-5-4-6-8-23/h4-13,15,21-22,28-29,31H,14,16-20H2,1-3H3,(H,34,36)/t28-,29+,31+/m1/s1. The van der Waals surface area contributed by atoms with Gasteiger partial charge >= 0.3 is 0 Å². The van der Waals surface area contributed by atoms with Crippen LogP contribution in [0.4, 0.5) is 0 Å². The molecule has 0 spiro atoms. The van der Waals surface area contributed by atoms with Crippen LogP contribution in [0.1, 0.15) is 80.1 Å². The highest BCUT2D eigenvalue weighted by Gasteiger charge is 2.48. The number of sulfonamides is 2. The zero-order chi connectivity index (χ0) is 31.3. The van der Waals surface area contributed by atoms with Gasteiger partial charge in [-0.05, 0) is 93.5 Å². The molecule has 44 heavy (non-hydrogen) atoms. The van der Waals surface area contributed by atoms with Gasteiger partial charge in [-0.3, -0.25) is 4.79 Å². The van der Waals surface area contributed by atoms with E-state index in [4.69, 9.17) is 9.47 Å². The Kier molecular flexibility index (Phi) is 8.11. The monoisotopic (exact) mass is 638 g/mol. The first-order chi connectivity index (χ1) is 20.8. The van der Waals surface area contributed by atoms with Crippen molar-refractivity contribution in [3.63, 3.8) is 0 Å². The van der Waals surface area contributed by atoms with Crippen LogP contribution in [0.5, 0.6) is 5.75 Å². The van der Waals surface area contributed by atoms with Gasteiger partial charge in [0.2, 0.25) is 10.0 Å². The van der Waals surface area contributed by atoms with Crippen molar-refractivity contribution in [1.82, 2.24) is 9.03 Å². The van der Waals surface area contributed by atoms with Gasteiger partial charge in [0.15, 0.2) is 0 Å². The molecule has 3 aromatic rings. The highest BCUT2D eigenvalue weighted by Crippen LogP contribution is 2.53. The van der Waals surface area contributed by atoms with Gasteiger partial charge in [0.05, 0.1) is 22.0 Å². The second-order valence-corrected chi connectivity index (χ2v) is 16.2. The van der Waals surface area contributed by atoms with Crippen molar-refractivity contribution in [1.29, 1.82) is 0 Å². The molecule has 0 radical (unpaired) electrons. The lowest BCUT2D eigenvalue weighted by molar-refractivity contribution is -0.151. The SMILES string of the molecule is CC1CCN(S(=O)(=O)c2ccc(S(=O)(=O)NC(=O)c3ccc4c(c3)[C@@H]3O[C@H](c5ccccc5)CC[C@H]3C(C)(C)O4)cc2)CC1. The van der Waals surface area contributed by atoms with Gasteiger partial charge in [0, 0.05) is 30.1 Å². The molecule has 0 aromatic heterocycles. The van der Waals surface area contributed by atoms with Crippen molar-refractivity contribution in [3.8, 4) is 5.75 Å². The molecular formula is C33H38N2O7S2. The van der Waals surface area contributed by atoms with Crippen molar-refractivity contribution in [3.05, 3.63) is 89.5 Å². The van der Waals surface area contributed by atoms with E-state index in [0.717, 1.165) is 31.2 Å². The molecule has 6 rings (SSSR count). The summed E-state index contributed by atoms with van der Waals surface area (Å²) in [5.41, 5.74) is 1.46. The predicted octanol–water partition coefficient (Wildman–Crippen LogP) is 5.61. The van der Waals surface area contributed by atoms with Crippen LogP contribution in [-0.2, 0) is 24.8 Å². The summed E-state index contributed by atoms with van der Waals surface area (Å²) in [6.07, 6.45) is 2.82. The summed E-state index contributed by atoms with van der Waals surface area (Å²) in [6.45, 7) is 7.04. The van der Waals surface area contributed by atoms with Gasteiger partial charge in [-0.1, -0.05) is 37.3 Å². The van der Waals surface area contributed by atoms with Gasteiger partial charge in [-0.25, -0.2) is 21.6 Å². The molecule has 3 heterocycles. The lowest BCUT2D eigenvalue weighted by Gasteiger charge is -2.48. The maximum atomic E-state index is 13.3. The first kappa shape index (κ1) is 30.8. The number of nitrogens with one attached hydrogen (secondary N) is 1. The number of ether oxygens (including phenoxy) is 2. The van der Waals surface area contributed by atoms with E-state index in [1.165, 1.54) is 34.6 Å². The van der Waals surface area contributed by atoms with Crippen LogP contribution in [-0.4, -0.2) is 45.7 Å². The molecule has 0 bridgehead atoms. The summed E-state index contributed by atoms with van der Waals surface area (Å²) in [7, 11) is -8.02. The van der Waals surface area contributed by atoms with Crippen molar-refractivity contribution in [2.75, 3.05) is 13.1 Å². The normalized spacial score (nSPS) is 24.0. The molecule has 3 atom stereocenters. The highest BCUT2D eigenvalue weighted by atomic mass is 32.2. The summed E-state index contributed by atoms with van der Waals surface area (Å²) in [6, 6.07) is 19.9. The number of amides is 1. The molecule has 11 heteroatoms. The molecule has 234 valence electrons. The number of benzene rings is 3. The molecule has 2 fully saturated rings. The predicted molar refractivity (Wildman–Crippen MR) is 165 cm³/mol. The quantitative estimate of drug-likeness (QED) is 0.373. The number of rotatable bonds is 6. The number of carbonyl (C=O) groups is 1. The molecule has 3 aliphatic heterocycles. The molecule has 3 aliphatic rings. The van der Waals surface area contributed by atoms with E-state index in [-0.39, 0.29) is 33.5 Å². The number of nitrogens with zero attached hydrogens (tertiary/aromatic N) is 1.